The van der Waals surface area contributed by atoms with Crippen molar-refractivity contribution in [2.45, 2.75) is 58.8 Å². The van der Waals surface area contributed by atoms with Gasteiger partial charge in [0.05, 0.1) is 5.92 Å². The summed E-state index contributed by atoms with van der Waals surface area (Å²) in [5, 5.41) is 8.65. The molecule has 2 amide bonds. The van der Waals surface area contributed by atoms with Gasteiger partial charge in [-0.05, 0) is 58.0 Å². The average Bonchev–Trinajstić information content (AvgIpc) is 3.32. The van der Waals surface area contributed by atoms with Gasteiger partial charge < -0.3 is 25.8 Å². The van der Waals surface area contributed by atoms with Crippen LogP contribution in [-0.2, 0) is 11.0 Å². The van der Waals surface area contributed by atoms with E-state index in [2.05, 4.69) is 30.8 Å². The van der Waals surface area contributed by atoms with Gasteiger partial charge in [0.25, 0.3) is 5.91 Å². The van der Waals surface area contributed by atoms with E-state index in [0.29, 0.717) is 37.2 Å². The highest BCUT2D eigenvalue weighted by Gasteiger charge is 2.39. The molecule has 2 aliphatic rings. The van der Waals surface area contributed by atoms with Gasteiger partial charge >= 0.3 is 6.18 Å². The predicted molar refractivity (Wildman–Crippen MR) is 145 cm³/mol. The standard InChI is InChI=1S/C26H34F3N7O2.CH4/c1-16(2)31-23(37)19-5-4-6-21(19)33-22-20(26(27,28)29)15-30-25(34-22)32-18-9-7-17(8-10-18)24(38)36-13-11-35(3)12-14-36;/h7-10,15-16,19,21H,4-6,11-14H2,1-3H3,(H,31,37)(H2,30,32,33,34);1H4/t19-,21+;/m0./s1. The fraction of sp³-hybridized carbons (Fsp3) is 0.556. The molecule has 2 fully saturated rings. The maximum atomic E-state index is 13.7. The predicted octanol–water partition coefficient (Wildman–Crippen LogP) is 4.37. The Hall–Kier alpha value is -3.41. The molecular weight excluding hydrogens is 511 g/mol. The van der Waals surface area contributed by atoms with E-state index in [-0.39, 0.29) is 37.0 Å². The van der Waals surface area contributed by atoms with E-state index in [1.165, 1.54) is 0 Å². The number of hydrogen-bond acceptors (Lipinski definition) is 7. The minimum absolute atomic E-state index is 0. The minimum Gasteiger partial charge on any atom is -0.366 e. The van der Waals surface area contributed by atoms with Crippen molar-refractivity contribution in [1.29, 1.82) is 0 Å². The van der Waals surface area contributed by atoms with Crippen molar-refractivity contribution in [3.05, 3.63) is 41.6 Å². The van der Waals surface area contributed by atoms with Gasteiger partial charge in [0.15, 0.2) is 0 Å². The number of hydrogen-bond donors (Lipinski definition) is 3. The van der Waals surface area contributed by atoms with Crippen LogP contribution in [0.1, 0.15) is 56.5 Å². The SMILES string of the molecule is C.CC(C)NC(=O)[C@H]1CCC[C@H]1Nc1nc(Nc2ccc(C(=O)N3CCN(C)CC3)cc2)ncc1C(F)(F)F. The topological polar surface area (TPSA) is 102 Å². The second-order valence-electron chi connectivity index (χ2n) is 10.2. The Morgan fingerprint density at radius 1 is 1.05 bits per heavy atom. The lowest BCUT2D eigenvalue weighted by Crippen LogP contribution is -2.47. The van der Waals surface area contributed by atoms with Gasteiger partial charge in [-0.25, -0.2) is 4.98 Å². The van der Waals surface area contributed by atoms with Gasteiger partial charge in [0.2, 0.25) is 11.9 Å². The van der Waals surface area contributed by atoms with Crippen LogP contribution in [0.3, 0.4) is 0 Å². The molecule has 214 valence electrons. The molecule has 0 spiro atoms. The second-order valence-corrected chi connectivity index (χ2v) is 10.2. The number of alkyl halides is 3. The van der Waals surface area contributed by atoms with Gasteiger partial charge in [0.1, 0.15) is 11.4 Å². The van der Waals surface area contributed by atoms with Crippen LogP contribution >= 0.6 is 0 Å². The number of benzene rings is 1. The van der Waals surface area contributed by atoms with E-state index in [0.717, 1.165) is 25.7 Å². The molecule has 4 rings (SSSR count). The van der Waals surface area contributed by atoms with E-state index in [1.54, 1.807) is 29.2 Å². The molecule has 1 aromatic heterocycles. The van der Waals surface area contributed by atoms with Crippen LogP contribution in [0.25, 0.3) is 0 Å². The summed E-state index contributed by atoms with van der Waals surface area (Å²) >= 11 is 0. The number of piperazine rings is 1. The van der Waals surface area contributed by atoms with Crippen LogP contribution in [0.4, 0.5) is 30.6 Å². The first kappa shape index (κ1) is 30.1. The zero-order valence-electron chi connectivity index (χ0n) is 21.8. The summed E-state index contributed by atoms with van der Waals surface area (Å²) in [5.41, 5.74) is 0.0644. The van der Waals surface area contributed by atoms with Crippen molar-refractivity contribution < 1.29 is 22.8 Å². The Morgan fingerprint density at radius 2 is 1.72 bits per heavy atom. The number of halogens is 3. The van der Waals surface area contributed by atoms with Crippen molar-refractivity contribution in [3.8, 4) is 0 Å². The third-order valence-electron chi connectivity index (χ3n) is 6.88. The first-order valence-electron chi connectivity index (χ1n) is 12.9. The Morgan fingerprint density at radius 3 is 2.33 bits per heavy atom. The Balaban J connectivity index is 0.00000420. The molecule has 39 heavy (non-hydrogen) atoms. The molecule has 1 aromatic carbocycles. The zero-order chi connectivity index (χ0) is 27.4. The fourth-order valence-electron chi connectivity index (χ4n) is 4.79. The Labute approximate surface area is 227 Å². The van der Waals surface area contributed by atoms with Gasteiger partial charge in [-0.3, -0.25) is 9.59 Å². The van der Waals surface area contributed by atoms with E-state index in [1.807, 2.05) is 20.9 Å². The number of amides is 2. The summed E-state index contributed by atoms with van der Waals surface area (Å²) < 4.78 is 41.2. The zero-order valence-corrected chi connectivity index (χ0v) is 21.8. The molecule has 0 radical (unpaired) electrons. The van der Waals surface area contributed by atoms with Gasteiger partial charge in [-0.2, -0.15) is 18.2 Å². The van der Waals surface area contributed by atoms with E-state index < -0.39 is 23.7 Å². The molecule has 1 saturated carbocycles. The van der Waals surface area contributed by atoms with Crippen LogP contribution in [0.15, 0.2) is 30.5 Å². The van der Waals surface area contributed by atoms with Crippen LogP contribution in [0.5, 0.6) is 0 Å². The van der Waals surface area contributed by atoms with E-state index in [4.69, 9.17) is 0 Å². The Kier molecular flexibility index (Phi) is 9.76. The summed E-state index contributed by atoms with van der Waals surface area (Å²) in [6, 6.07) is 6.14. The van der Waals surface area contributed by atoms with E-state index in [9.17, 15) is 22.8 Å². The molecule has 2 aromatic rings. The van der Waals surface area contributed by atoms with E-state index >= 15 is 0 Å². The number of carbonyl (C=O) groups is 2. The summed E-state index contributed by atoms with van der Waals surface area (Å²) in [5.74, 6) is -1.09. The first-order chi connectivity index (χ1) is 18.0. The fourth-order valence-corrected chi connectivity index (χ4v) is 4.79. The van der Waals surface area contributed by atoms with Crippen molar-refractivity contribution in [2.24, 2.45) is 5.92 Å². The lowest BCUT2D eigenvalue weighted by atomic mass is 10.0. The lowest BCUT2D eigenvalue weighted by Gasteiger charge is -2.32. The van der Waals surface area contributed by atoms with Gasteiger partial charge in [-0.1, -0.05) is 13.8 Å². The first-order valence-corrected chi connectivity index (χ1v) is 12.9. The largest absolute Gasteiger partial charge is 0.421 e. The molecule has 1 aliphatic carbocycles. The number of carbonyl (C=O) groups excluding carboxylic acids is 2. The van der Waals surface area contributed by atoms with Gasteiger partial charge in [0, 0.05) is 55.7 Å². The number of aromatic nitrogens is 2. The molecule has 2 heterocycles. The summed E-state index contributed by atoms with van der Waals surface area (Å²) in [6.45, 7) is 6.63. The molecule has 1 saturated heterocycles. The number of nitrogens with zero attached hydrogens (tertiary/aromatic N) is 4. The molecule has 0 bridgehead atoms. The van der Waals surface area contributed by atoms with Crippen LogP contribution in [0.2, 0.25) is 0 Å². The smallest absolute Gasteiger partial charge is 0.366 e. The third-order valence-corrected chi connectivity index (χ3v) is 6.88. The second kappa shape index (κ2) is 12.6. The Bertz CT molecular complexity index is 1130. The molecular formula is C27H38F3N7O2. The monoisotopic (exact) mass is 549 g/mol. The summed E-state index contributed by atoms with van der Waals surface area (Å²) in [7, 11) is 2.02. The lowest BCUT2D eigenvalue weighted by molar-refractivity contribution is -0.137. The quantitative estimate of drug-likeness (QED) is 0.472. The highest BCUT2D eigenvalue weighted by Crippen LogP contribution is 2.36. The van der Waals surface area contributed by atoms with Crippen LogP contribution in [0, 0.1) is 5.92 Å². The summed E-state index contributed by atoms with van der Waals surface area (Å²) in [6.07, 6.45) is -2.05. The van der Waals surface area contributed by atoms with Gasteiger partial charge in [-0.15, -0.1) is 0 Å². The number of likely N-dealkylation sites (N-methyl/N-ethyl adjacent to an activating group) is 1. The molecule has 1 aliphatic heterocycles. The van der Waals surface area contributed by atoms with Crippen LogP contribution in [-0.4, -0.2) is 76.9 Å². The number of anilines is 3. The summed E-state index contributed by atoms with van der Waals surface area (Å²) in [4.78, 5) is 37.3. The number of rotatable bonds is 7. The minimum atomic E-state index is -4.67. The maximum Gasteiger partial charge on any atom is 0.421 e. The van der Waals surface area contributed by atoms with Crippen molar-refractivity contribution >= 4 is 29.3 Å². The van der Waals surface area contributed by atoms with Crippen molar-refractivity contribution in [1.82, 2.24) is 25.1 Å². The van der Waals surface area contributed by atoms with Crippen molar-refractivity contribution in [3.63, 3.8) is 0 Å². The normalized spacial score (nSPS) is 19.9. The molecule has 12 heteroatoms. The maximum absolute atomic E-state index is 13.7. The van der Waals surface area contributed by atoms with Crippen molar-refractivity contribution in [2.75, 3.05) is 43.9 Å². The molecule has 9 nitrogen and oxygen atoms in total. The molecule has 0 unspecified atom stereocenters. The third kappa shape index (κ3) is 7.59. The highest BCUT2D eigenvalue weighted by molar-refractivity contribution is 5.94. The van der Waals surface area contributed by atoms with Crippen LogP contribution < -0.4 is 16.0 Å². The number of nitrogens with one attached hydrogen (secondary N) is 3. The molecule has 3 N–H and O–H groups in total. The highest BCUT2D eigenvalue weighted by atomic mass is 19.4. The average molecular weight is 550 g/mol. The molecule has 2 atom stereocenters.